The van der Waals surface area contributed by atoms with Gasteiger partial charge in [0.2, 0.25) is 0 Å². The minimum atomic E-state index is -4.51. The molecule has 0 aromatic rings. The lowest BCUT2D eigenvalue weighted by Gasteiger charge is -2.48. The summed E-state index contributed by atoms with van der Waals surface area (Å²) in [4.78, 5) is 49.2. The second kappa shape index (κ2) is 12.0. The quantitative estimate of drug-likeness (QED) is 0.0684. The Balaban J connectivity index is 7.61. The highest BCUT2D eigenvalue weighted by molar-refractivity contribution is 5.90. The highest BCUT2D eigenvalue weighted by Gasteiger charge is 2.77. The van der Waals surface area contributed by atoms with Gasteiger partial charge in [0.1, 0.15) is 6.10 Å². The topological polar surface area (TPSA) is 227 Å². The fraction of sp³-hybridized carbons (Fsp3) is 0.455. The minimum Gasteiger partial charge on any atom is -0.419 e. The van der Waals surface area contributed by atoms with Crippen molar-refractivity contribution in [1.29, 1.82) is 0 Å². The Bertz CT molecular complexity index is 938. The third-order valence-electron chi connectivity index (χ3n) is 4.21. The monoisotopic (exact) mass is 518 g/mol. The number of esters is 4. The van der Waals surface area contributed by atoms with E-state index >= 15 is 0 Å². The van der Waals surface area contributed by atoms with Crippen LogP contribution in [0, 0.1) is 0 Å². The minimum absolute atomic E-state index is 0.508. The highest BCUT2D eigenvalue weighted by Crippen LogP contribution is 2.42. The smallest absolute Gasteiger partial charge is 0.419 e. The first-order chi connectivity index (χ1) is 16.2. The molecule has 6 N–H and O–H groups in total. The fourth-order valence-electron chi connectivity index (χ4n) is 2.09. The van der Waals surface area contributed by atoms with Gasteiger partial charge in [0.25, 0.3) is 0 Å². The van der Waals surface area contributed by atoms with Gasteiger partial charge in [-0.15, -0.1) is 0 Å². The van der Waals surface area contributed by atoms with Gasteiger partial charge in [-0.25, -0.2) is 19.2 Å². The molecule has 36 heavy (non-hydrogen) atoms. The van der Waals surface area contributed by atoms with E-state index in [9.17, 15) is 49.8 Å². The van der Waals surface area contributed by atoms with Gasteiger partial charge in [0.15, 0.2) is 6.10 Å². The van der Waals surface area contributed by atoms with E-state index in [4.69, 9.17) is 0 Å². The standard InChI is InChI=1S/C22H30O14/c1-10(2)16(26)33-20(30,15(25)14(24)9-23)21(31,34-17(27)11(3)4)22(32,35-18(28)12(5)6)36-19(29)13(7)8/h14-15,23-25,30-32H,1,3,5,7,9H2,2,4,6,8H3/t14-,15+,20+,21+/m0/s1. The van der Waals surface area contributed by atoms with Crippen LogP contribution in [0.25, 0.3) is 0 Å². The normalized spacial score (nSPS) is 16.2. The van der Waals surface area contributed by atoms with Gasteiger partial charge in [0.05, 0.1) is 6.61 Å². The average Bonchev–Trinajstić information content (AvgIpc) is 2.76. The number of aliphatic hydroxyl groups excluding tert-OH is 3. The number of carbonyl (C=O) groups is 4. The van der Waals surface area contributed by atoms with Crippen molar-refractivity contribution in [3.63, 3.8) is 0 Å². The summed E-state index contributed by atoms with van der Waals surface area (Å²) in [5.41, 5.74) is -2.09. The predicted octanol–water partition coefficient (Wildman–Crippen LogP) is -1.80. The molecule has 0 saturated carbocycles. The first-order valence-electron chi connectivity index (χ1n) is 9.90. The number of hydrogen-bond acceptors (Lipinski definition) is 14. The Morgan fingerprint density at radius 3 is 1.28 bits per heavy atom. The molecule has 14 nitrogen and oxygen atoms in total. The van der Waals surface area contributed by atoms with Crippen molar-refractivity contribution in [2.24, 2.45) is 0 Å². The van der Waals surface area contributed by atoms with Crippen LogP contribution in [0.4, 0.5) is 0 Å². The summed E-state index contributed by atoms with van der Waals surface area (Å²) in [7, 11) is 0. The summed E-state index contributed by atoms with van der Waals surface area (Å²) in [6.07, 6.45) is -5.56. The van der Waals surface area contributed by atoms with E-state index in [1.54, 1.807) is 0 Å². The number of rotatable bonds is 13. The summed E-state index contributed by atoms with van der Waals surface area (Å²) < 4.78 is 18.4. The maximum Gasteiger partial charge on any atom is 0.451 e. The zero-order valence-electron chi connectivity index (χ0n) is 20.1. The van der Waals surface area contributed by atoms with Crippen molar-refractivity contribution in [1.82, 2.24) is 0 Å². The number of hydrogen-bond donors (Lipinski definition) is 6. The van der Waals surface area contributed by atoms with E-state index in [-0.39, 0.29) is 0 Å². The van der Waals surface area contributed by atoms with Gasteiger partial charge >= 0.3 is 41.4 Å². The molecule has 0 aliphatic rings. The molecule has 0 rings (SSSR count). The summed E-state index contributed by atoms with van der Waals surface area (Å²) in [6.45, 7) is 15.5. The molecule has 0 bridgehead atoms. The van der Waals surface area contributed by atoms with E-state index < -0.39 is 82.5 Å². The van der Waals surface area contributed by atoms with Crippen LogP contribution in [0.2, 0.25) is 0 Å². The Morgan fingerprint density at radius 2 is 0.972 bits per heavy atom. The van der Waals surface area contributed by atoms with Crippen LogP contribution in [0.3, 0.4) is 0 Å². The third-order valence-corrected chi connectivity index (χ3v) is 4.21. The Hall–Kier alpha value is -3.40. The second-order valence-corrected chi connectivity index (χ2v) is 7.80. The SMILES string of the molecule is C=C(C)C(=O)OC(O)(OC(=O)C(=C)C)[C@](O)(OC(=O)C(=C)C)[C@](O)(OC(=O)C(=C)C)[C@H](O)[C@@H](O)CO. The van der Waals surface area contributed by atoms with Crippen molar-refractivity contribution in [2.75, 3.05) is 6.61 Å². The Morgan fingerprint density at radius 1 is 0.667 bits per heavy atom. The molecule has 0 aromatic carbocycles. The van der Waals surface area contributed by atoms with Crippen molar-refractivity contribution in [2.45, 2.75) is 57.5 Å². The van der Waals surface area contributed by atoms with Crippen LogP contribution >= 0.6 is 0 Å². The van der Waals surface area contributed by atoms with E-state index in [1.807, 2.05) is 0 Å². The maximum absolute atomic E-state index is 12.4. The zero-order chi connectivity index (χ0) is 28.8. The molecule has 202 valence electrons. The van der Waals surface area contributed by atoms with Gasteiger partial charge in [-0.3, -0.25) is 0 Å². The molecule has 0 aromatic heterocycles. The molecule has 0 unspecified atom stereocenters. The molecule has 0 aliphatic carbocycles. The summed E-state index contributed by atoms with van der Waals surface area (Å²) in [5, 5.41) is 63.5. The summed E-state index contributed by atoms with van der Waals surface area (Å²) >= 11 is 0. The molecule has 4 atom stereocenters. The van der Waals surface area contributed by atoms with Crippen molar-refractivity contribution >= 4 is 23.9 Å². The molecule has 0 aliphatic heterocycles. The van der Waals surface area contributed by atoms with Gasteiger partial charge < -0.3 is 49.6 Å². The molecule has 0 radical (unpaired) electrons. The second-order valence-electron chi connectivity index (χ2n) is 7.80. The molecule has 14 heteroatoms. The van der Waals surface area contributed by atoms with Gasteiger partial charge in [-0.2, -0.15) is 0 Å². The van der Waals surface area contributed by atoms with Crippen LogP contribution in [0.5, 0.6) is 0 Å². The maximum atomic E-state index is 12.4. The molecular weight excluding hydrogens is 488 g/mol. The van der Waals surface area contributed by atoms with Crippen LogP contribution in [0.1, 0.15) is 27.7 Å². The molecule has 0 fully saturated rings. The lowest BCUT2D eigenvalue weighted by atomic mass is 9.92. The van der Waals surface area contributed by atoms with E-state index in [1.165, 1.54) is 0 Å². The van der Waals surface area contributed by atoms with E-state index in [0.717, 1.165) is 27.7 Å². The molecular formula is C22H30O14. The summed E-state index contributed by atoms with van der Waals surface area (Å²) in [5.74, 6) is -19.8. The number of ether oxygens (including phenoxy) is 4. The van der Waals surface area contributed by atoms with Crippen LogP contribution < -0.4 is 0 Å². The third kappa shape index (κ3) is 6.84. The fourth-order valence-corrected chi connectivity index (χ4v) is 2.09. The highest BCUT2D eigenvalue weighted by atomic mass is 16.9. The van der Waals surface area contributed by atoms with Crippen LogP contribution in [0.15, 0.2) is 48.6 Å². The first-order valence-corrected chi connectivity index (χ1v) is 9.90. The van der Waals surface area contributed by atoms with Crippen LogP contribution in [-0.2, 0) is 38.1 Å². The number of aliphatic hydroxyl groups is 6. The first kappa shape index (κ1) is 32.6. The van der Waals surface area contributed by atoms with Crippen molar-refractivity contribution < 1.29 is 68.8 Å². The lowest BCUT2D eigenvalue weighted by molar-refractivity contribution is -0.511. The van der Waals surface area contributed by atoms with E-state index in [0.29, 0.717) is 0 Å². The Labute approximate surface area is 206 Å². The average molecular weight is 518 g/mol. The molecule has 0 spiro atoms. The predicted molar refractivity (Wildman–Crippen MR) is 118 cm³/mol. The van der Waals surface area contributed by atoms with Crippen LogP contribution in [-0.4, -0.2) is 90.9 Å². The van der Waals surface area contributed by atoms with Crippen molar-refractivity contribution in [3.05, 3.63) is 48.6 Å². The zero-order valence-corrected chi connectivity index (χ0v) is 20.1. The lowest BCUT2D eigenvalue weighted by Crippen LogP contribution is -2.78. The molecule has 0 amide bonds. The largest absolute Gasteiger partial charge is 0.451 e. The van der Waals surface area contributed by atoms with Crippen molar-refractivity contribution in [3.8, 4) is 0 Å². The number of carbonyl (C=O) groups excluding carboxylic acids is 4. The van der Waals surface area contributed by atoms with Gasteiger partial charge in [-0.1, -0.05) is 26.3 Å². The van der Waals surface area contributed by atoms with Gasteiger partial charge in [-0.05, 0) is 27.7 Å². The molecule has 0 heterocycles. The van der Waals surface area contributed by atoms with E-state index in [2.05, 4.69) is 45.3 Å². The van der Waals surface area contributed by atoms with Gasteiger partial charge in [0, 0.05) is 22.3 Å². The molecule has 0 saturated heterocycles. The summed E-state index contributed by atoms with van der Waals surface area (Å²) in [6, 6.07) is 0. The Kier molecular flexibility index (Phi) is 10.9.